The average Bonchev–Trinajstić information content (AvgIpc) is 3.24. The molecule has 0 radical (unpaired) electrons. The van der Waals surface area contributed by atoms with Crippen LogP contribution in [-0.4, -0.2) is 68.6 Å². The van der Waals surface area contributed by atoms with Gasteiger partial charge in [-0.3, -0.25) is 19.7 Å². The minimum atomic E-state index is -0.251. The average molecular weight is 397 g/mol. The zero-order chi connectivity index (χ0) is 20.1. The van der Waals surface area contributed by atoms with E-state index in [0.717, 1.165) is 31.2 Å². The lowest BCUT2D eigenvalue weighted by Gasteiger charge is -2.34. The van der Waals surface area contributed by atoms with Crippen LogP contribution in [0.2, 0.25) is 0 Å². The van der Waals surface area contributed by atoms with Crippen LogP contribution in [-0.2, 0) is 16.1 Å². The van der Waals surface area contributed by atoms with Crippen LogP contribution in [0.15, 0.2) is 36.9 Å². The molecule has 0 aromatic carbocycles. The van der Waals surface area contributed by atoms with E-state index in [0.29, 0.717) is 25.3 Å². The Balaban J connectivity index is 1.51. The summed E-state index contributed by atoms with van der Waals surface area (Å²) in [6.45, 7) is 1.37. The minimum Gasteiger partial charge on any atom is -0.370 e. The van der Waals surface area contributed by atoms with Crippen molar-refractivity contribution < 1.29 is 14.3 Å². The highest BCUT2D eigenvalue weighted by molar-refractivity contribution is 5.96. The summed E-state index contributed by atoms with van der Waals surface area (Å²) >= 11 is 0. The van der Waals surface area contributed by atoms with E-state index in [1.54, 1.807) is 23.5 Å². The molecule has 1 unspecified atom stereocenters. The third kappa shape index (κ3) is 4.82. The van der Waals surface area contributed by atoms with Crippen molar-refractivity contribution >= 4 is 11.8 Å². The van der Waals surface area contributed by atoms with Crippen molar-refractivity contribution in [1.82, 2.24) is 25.0 Å². The van der Waals surface area contributed by atoms with Crippen molar-refractivity contribution in [2.24, 2.45) is 0 Å². The van der Waals surface area contributed by atoms with Gasteiger partial charge in [0.1, 0.15) is 6.54 Å². The summed E-state index contributed by atoms with van der Waals surface area (Å²) in [6, 6.07) is 4.07. The number of hydrogen-bond acceptors (Lipinski definition) is 5. The van der Waals surface area contributed by atoms with Gasteiger partial charge < -0.3 is 14.5 Å². The number of pyridine rings is 1. The second kappa shape index (κ2) is 9.17. The molecule has 29 heavy (non-hydrogen) atoms. The molecule has 3 heterocycles. The first kappa shape index (κ1) is 19.6. The van der Waals surface area contributed by atoms with Gasteiger partial charge in [0.05, 0.1) is 24.5 Å². The number of ether oxygens (including phenoxy) is 1. The largest absolute Gasteiger partial charge is 0.370 e. The second-order valence-corrected chi connectivity index (χ2v) is 7.80. The summed E-state index contributed by atoms with van der Waals surface area (Å²) in [6.07, 6.45) is 11.9. The Kier molecular flexibility index (Phi) is 6.19. The maximum absolute atomic E-state index is 13.1. The molecule has 2 aliphatic rings. The third-order valence-corrected chi connectivity index (χ3v) is 5.73. The summed E-state index contributed by atoms with van der Waals surface area (Å²) < 4.78 is 6.16. The molecule has 154 valence electrons. The van der Waals surface area contributed by atoms with Crippen molar-refractivity contribution in [1.29, 1.82) is 0 Å². The lowest BCUT2D eigenvalue weighted by Crippen LogP contribution is -2.46. The molecule has 1 N–H and O–H groups in total. The van der Waals surface area contributed by atoms with Crippen LogP contribution in [0.25, 0.3) is 0 Å². The minimum absolute atomic E-state index is 0.00113. The maximum Gasteiger partial charge on any atom is 0.257 e. The Morgan fingerprint density at radius 1 is 1.21 bits per heavy atom. The predicted octanol–water partition coefficient (Wildman–Crippen LogP) is 2.01. The van der Waals surface area contributed by atoms with Crippen molar-refractivity contribution in [3.05, 3.63) is 48.0 Å². The first-order valence-corrected chi connectivity index (χ1v) is 10.3. The van der Waals surface area contributed by atoms with Crippen molar-refractivity contribution in [2.45, 2.75) is 50.9 Å². The highest BCUT2D eigenvalue weighted by Gasteiger charge is 2.35. The number of hydrogen-bond donors (Lipinski definition) is 1. The monoisotopic (exact) mass is 397 g/mol. The number of aromatic amines is 1. The Hall–Kier alpha value is -2.74. The van der Waals surface area contributed by atoms with Crippen LogP contribution in [0.3, 0.4) is 0 Å². The van der Waals surface area contributed by atoms with E-state index in [1.165, 1.54) is 12.6 Å². The molecule has 2 amide bonds. The maximum atomic E-state index is 13.1. The Bertz CT molecular complexity index is 805. The topological polar surface area (TPSA) is 91.4 Å². The quantitative estimate of drug-likeness (QED) is 0.833. The van der Waals surface area contributed by atoms with Gasteiger partial charge in [-0.2, -0.15) is 5.10 Å². The number of H-pyrrole nitrogens is 1. The molecule has 1 aliphatic carbocycles. The van der Waals surface area contributed by atoms with Crippen LogP contribution in [0.5, 0.6) is 0 Å². The molecule has 0 bridgehead atoms. The number of nitrogens with zero attached hydrogens (tertiary/aromatic N) is 4. The smallest absolute Gasteiger partial charge is 0.257 e. The third-order valence-electron chi connectivity index (χ3n) is 5.73. The highest BCUT2D eigenvalue weighted by Crippen LogP contribution is 2.25. The zero-order valence-corrected chi connectivity index (χ0v) is 16.5. The molecule has 8 nitrogen and oxygen atoms in total. The molecule has 1 saturated heterocycles. The molecular weight excluding hydrogens is 370 g/mol. The van der Waals surface area contributed by atoms with Crippen LogP contribution in [0, 0.1) is 0 Å². The summed E-state index contributed by atoms with van der Waals surface area (Å²) in [5.41, 5.74) is 1.43. The number of carbonyl (C=O) groups is 2. The fourth-order valence-corrected chi connectivity index (χ4v) is 4.20. The Labute approximate surface area is 170 Å². The Morgan fingerprint density at radius 3 is 2.79 bits per heavy atom. The van der Waals surface area contributed by atoms with E-state index >= 15 is 0 Å². The van der Waals surface area contributed by atoms with Gasteiger partial charge in [-0.05, 0) is 24.5 Å². The van der Waals surface area contributed by atoms with E-state index in [2.05, 4.69) is 15.2 Å². The van der Waals surface area contributed by atoms with Crippen molar-refractivity contribution in [2.75, 3.05) is 19.6 Å². The van der Waals surface area contributed by atoms with Crippen LogP contribution in [0.4, 0.5) is 0 Å². The number of amides is 2. The Morgan fingerprint density at radius 2 is 2.07 bits per heavy atom. The van der Waals surface area contributed by atoms with E-state index in [9.17, 15) is 9.59 Å². The SMILES string of the molecule is O=C(c1cn[nH]c1)N1CC(=O)N(C2CCCCC2)CC(OCc2cccnc2)C1. The predicted molar refractivity (Wildman–Crippen MR) is 106 cm³/mol. The van der Waals surface area contributed by atoms with Gasteiger partial charge in [0.25, 0.3) is 5.91 Å². The molecule has 1 atom stereocenters. The molecule has 2 aromatic heterocycles. The first-order chi connectivity index (χ1) is 14.2. The highest BCUT2D eigenvalue weighted by atomic mass is 16.5. The normalized spacial score (nSPS) is 21.2. The zero-order valence-electron chi connectivity index (χ0n) is 16.5. The van der Waals surface area contributed by atoms with Gasteiger partial charge in [0.15, 0.2) is 0 Å². The molecule has 1 aliphatic heterocycles. The molecule has 1 saturated carbocycles. The van der Waals surface area contributed by atoms with E-state index in [-0.39, 0.29) is 30.5 Å². The van der Waals surface area contributed by atoms with Gasteiger partial charge >= 0.3 is 0 Å². The fourth-order valence-electron chi connectivity index (χ4n) is 4.20. The van der Waals surface area contributed by atoms with E-state index in [4.69, 9.17) is 4.74 Å². The second-order valence-electron chi connectivity index (χ2n) is 7.80. The van der Waals surface area contributed by atoms with E-state index in [1.807, 2.05) is 17.0 Å². The number of nitrogens with one attached hydrogen (secondary N) is 1. The van der Waals surface area contributed by atoms with Gasteiger partial charge in [0.2, 0.25) is 5.91 Å². The van der Waals surface area contributed by atoms with Gasteiger partial charge in [-0.15, -0.1) is 0 Å². The van der Waals surface area contributed by atoms with Gasteiger partial charge in [-0.25, -0.2) is 0 Å². The molecule has 2 aromatic rings. The molecule has 2 fully saturated rings. The standard InChI is InChI=1S/C21H27N5O3/c27-20-14-25(21(28)17-10-23-24-11-17)12-19(29-15-16-5-4-8-22-9-16)13-26(20)18-6-2-1-3-7-18/h4-5,8-11,18-19H,1-3,6-7,12-15H2,(H,23,24). The summed E-state index contributed by atoms with van der Waals surface area (Å²) in [5.74, 6) is -0.200. The number of aromatic nitrogens is 3. The lowest BCUT2D eigenvalue weighted by molar-refractivity contribution is -0.134. The van der Waals surface area contributed by atoms with Crippen molar-refractivity contribution in [3.8, 4) is 0 Å². The number of carbonyl (C=O) groups excluding carboxylic acids is 2. The molecule has 4 rings (SSSR count). The summed E-state index contributed by atoms with van der Waals surface area (Å²) in [7, 11) is 0. The van der Waals surface area contributed by atoms with Crippen LogP contribution in [0.1, 0.15) is 48.0 Å². The fraction of sp³-hybridized carbons (Fsp3) is 0.524. The molecular formula is C21H27N5O3. The summed E-state index contributed by atoms with van der Waals surface area (Å²) in [4.78, 5) is 33.6. The summed E-state index contributed by atoms with van der Waals surface area (Å²) in [5, 5.41) is 6.52. The number of rotatable bonds is 5. The molecule has 0 spiro atoms. The lowest BCUT2D eigenvalue weighted by atomic mass is 9.94. The van der Waals surface area contributed by atoms with Gasteiger partial charge in [0, 0.05) is 37.7 Å². The molecule has 8 heteroatoms. The van der Waals surface area contributed by atoms with Crippen LogP contribution < -0.4 is 0 Å². The van der Waals surface area contributed by atoms with Crippen molar-refractivity contribution in [3.63, 3.8) is 0 Å². The first-order valence-electron chi connectivity index (χ1n) is 10.3. The van der Waals surface area contributed by atoms with Crippen LogP contribution >= 0.6 is 0 Å². The van der Waals surface area contributed by atoms with E-state index < -0.39 is 0 Å². The van der Waals surface area contributed by atoms with Gasteiger partial charge in [-0.1, -0.05) is 25.3 Å².